The van der Waals surface area contributed by atoms with E-state index in [4.69, 9.17) is 0 Å². The molecule has 1 unspecified atom stereocenters. The lowest BCUT2D eigenvalue weighted by Gasteiger charge is -2.30. The second-order valence-electron chi connectivity index (χ2n) is 7.37. The third-order valence-electron chi connectivity index (χ3n) is 5.31. The summed E-state index contributed by atoms with van der Waals surface area (Å²) in [6.07, 6.45) is 3.92. The van der Waals surface area contributed by atoms with Crippen molar-refractivity contribution in [1.82, 2.24) is 14.9 Å². The van der Waals surface area contributed by atoms with Crippen molar-refractivity contribution in [2.75, 3.05) is 5.32 Å². The Hall–Kier alpha value is -2.57. The molecule has 2 aromatic rings. The maximum atomic E-state index is 13.7. The first-order valence-electron chi connectivity index (χ1n) is 9.28. The summed E-state index contributed by atoms with van der Waals surface area (Å²) >= 11 is 0. The molecule has 0 spiro atoms. The van der Waals surface area contributed by atoms with Gasteiger partial charge >= 0.3 is 0 Å². The molecule has 1 saturated carbocycles. The van der Waals surface area contributed by atoms with Crippen molar-refractivity contribution in [2.24, 2.45) is 5.92 Å². The maximum Gasteiger partial charge on any atom is 0.248 e. The quantitative estimate of drug-likeness (QED) is 0.888. The molecule has 27 heavy (non-hydrogen) atoms. The molecule has 1 aliphatic carbocycles. The number of benzene rings is 1. The van der Waals surface area contributed by atoms with E-state index in [9.17, 15) is 13.6 Å². The standard InChI is InChI=1S/C20H22F2N4O/c21-20(22)6-1-3-15(10-20)18(27)26-12-16-5-4-14(9-17(16)13-26)11-25-19-23-7-2-8-24-19/h2,4-5,7-9,15H,1,3,6,10-13H2,(H,23,24,25). The Labute approximate surface area is 156 Å². The highest BCUT2D eigenvalue weighted by Crippen LogP contribution is 2.38. The van der Waals surface area contributed by atoms with Gasteiger partial charge in [0.25, 0.3) is 0 Å². The summed E-state index contributed by atoms with van der Waals surface area (Å²) in [7, 11) is 0. The fraction of sp³-hybridized carbons (Fsp3) is 0.450. The summed E-state index contributed by atoms with van der Waals surface area (Å²) < 4.78 is 27.3. The van der Waals surface area contributed by atoms with Gasteiger partial charge in [-0.2, -0.15) is 0 Å². The van der Waals surface area contributed by atoms with E-state index in [1.54, 1.807) is 23.4 Å². The zero-order chi connectivity index (χ0) is 18.9. The van der Waals surface area contributed by atoms with Crippen molar-refractivity contribution in [1.29, 1.82) is 0 Å². The van der Waals surface area contributed by atoms with Gasteiger partial charge in [0, 0.05) is 50.8 Å². The van der Waals surface area contributed by atoms with Crippen LogP contribution in [0.15, 0.2) is 36.7 Å². The zero-order valence-corrected chi connectivity index (χ0v) is 15.0. The lowest BCUT2D eigenvalue weighted by Crippen LogP contribution is -2.38. The predicted molar refractivity (Wildman–Crippen MR) is 97.0 cm³/mol. The van der Waals surface area contributed by atoms with Crippen LogP contribution in [-0.4, -0.2) is 26.7 Å². The van der Waals surface area contributed by atoms with Crippen molar-refractivity contribution >= 4 is 11.9 Å². The van der Waals surface area contributed by atoms with E-state index in [2.05, 4.69) is 21.4 Å². The van der Waals surface area contributed by atoms with Crippen molar-refractivity contribution < 1.29 is 13.6 Å². The lowest BCUT2D eigenvalue weighted by molar-refractivity contribution is -0.143. The molecule has 2 heterocycles. The molecule has 1 amide bonds. The number of aromatic nitrogens is 2. The summed E-state index contributed by atoms with van der Waals surface area (Å²) in [6.45, 7) is 1.58. The molecule has 0 radical (unpaired) electrons. The van der Waals surface area contributed by atoms with Gasteiger partial charge in [0.1, 0.15) is 0 Å². The third-order valence-corrected chi connectivity index (χ3v) is 5.31. The molecule has 1 aliphatic heterocycles. The van der Waals surface area contributed by atoms with E-state index in [1.165, 1.54) is 0 Å². The van der Waals surface area contributed by atoms with Gasteiger partial charge in [-0.15, -0.1) is 0 Å². The van der Waals surface area contributed by atoms with Crippen LogP contribution < -0.4 is 5.32 Å². The number of nitrogens with zero attached hydrogens (tertiary/aromatic N) is 3. The van der Waals surface area contributed by atoms with Gasteiger partial charge in [-0.05, 0) is 35.6 Å². The Balaban J connectivity index is 1.39. The highest BCUT2D eigenvalue weighted by atomic mass is 19.3. The highest BCUT2D eigenvalue weighted by molar-refractivity contribution is 5.79. The van der Waals surface area contributed by atoms with Gasteiger partial charge in [-0.1, -0.05) is 18.2 Å². The Morgan fingerprint density at radius 1 is 1.22 bits per heavy atom. The summed E-state index contributed by atoms with van der Waals surface area (Å²) in [6, 6.07) is 7.85. The summed E-state index contributed by atoms with van der Waals surface area (Å²) in [5.74, 6) is -2.83. The number of alkyl halides is 2. The molecule has 5 nitrogen and oxygen atoms in total. The molecule has 1 aromatic heterocycles. The monoisotopic (exact) mass is 372 g/mol. The maximum absolute atomic E-state index is 13.7. The lowest BCUT2D eigenvalue weighted by atomic mass is 9.85. The SMILES string of the molecule is O=C(C1CCCC(F)(F)C1)N1Cc2ccc(CNc3ncccn3)cc2C1. The average Bonchev–Trinajstić information content (AvgIpc) is 3.09. The third kappa shape index (κ3) is 4.07. The van der Waals surface area contributed by atoms with E-state index in [0.717, 1.165) is 16.7 Å². The van der Waals surface area contributed by atoms with E-state index in [0.29, 0.717) is 38.4 Å². The van der Waals surface area contributed by atoms with E-state index in [-0.39, 0.29) is 18.7 Å². The highest BCUT2D eigenvalue weighted by Gasteiger charge is 2.41. The van der Waals surface area contributed by atoms with Crippen LogP contribution in [0.5, 0.6) is 0 Å². The van der Waals surface area contributed by atoms with Gasteiger partial charge < -0.3 is 10.2 Å². The molecule has 1 atom stereocenters. The van der Waals surface area contributed by atoms with Crippen LogP contribution in [0.4, 0.5) is 14.7 Å². The molecular formula is C20H22F2N4O. The molecule has 7 heteroatoms. The van der Waals surface area contributed by atoms with Gasteiger partial charge in [0.15, 0.2) is 0 Å². The van der Waals surface area contributed by atoms with E-state index >= 15 is 0 Å². The van der Waals surface area contributed by atoms with Gasteiger partial charge in [-0.3, -0.25) is 4.79 Å². The molecular weight excluding hydrogens is 350 g/mol. The van der Waals surface area contributed by atoms with E-state index < -0.39 is 11.8 Å². The van der Waals surface area contributed by atoms with Crippen LogP contribution in [0, 0.1) is 5.92 Å². The molecule has 2 aliphatic rings. The minimum Gasteiger partial charge on any atom is -0.350 e. The smallest absolute Gasteiger partial charge is 0.248 e. The number of carbonyl (C=O) groups excluding carboxylic acids is 1. The molecule has 1 N–H and O–H groups in total. The number of hydrogen-bond donors (Lipinski definition) is 1. The van der Waals surface area contributed by atoms with Gasteiger partial charge in [-0.25, -0.2) is 18.7 Å². The second kappa shape index (κ2) is 7.21. The number of fused-ring (bicyclic) bond motifs is 1. The number of halogens is 2. The number of amides is 1. The van der Waals surface area contributed by atoms with Crippen LogP contribution >= 0.6 is 0 Å². The Morgan fingerprint density at radius 2 is 2.00 bits per heavy atom. The van der Waals surface area contributed by atoms with Crippen LogP contribution in [0.2, 0.25) is 0 Å². The van der Waals surface area contributed by atoms with Crippen LogP contribution in [0.1, 0.15) is 42.4 Å². The number of anilines is 1. The average molecular weight is 372 g/mol. The minimum atomic E-state index is -2.70. The first-order valence-corrected chi connectivity index (χ1v) is 9.28. The summed E-state index contributed by atoms with van der Waals surface area (Å²) in [5, 5.41) is 3.16. The minimum absolute atomic E-state index is 0.0987. The number of nitrogens with one attached hydrogen (secondary N) is 1. The fourth-order valence-electron chi connectivity index (χ4n) is 3.93. The van der Waals surface area contributed by atoms with Crippen molar-refractivity contribution in [2.45, 2.75) is 51.2 Å². The van der Waals surface area contributed by atoms with Crippen molar-refractivity contribution in [3.8, 4) is 0 Å². The van der Waals surface area contributed by atoms with Crippen molar-refractivity contribution in [3.63, 3.8) is 0 Å². The number of hydrogen-bond acceptors (Lipinski definition) is 4. The second-order valence-corrected chi connectivity index (χ2v) is 7.37. The molecule has 142 valence electrons. The van der Waals surface area contributed by atoms with E-state index in [1.807, 2.05) is 12.1 Å². The fourth-order valence-corrected chi connectivity index (χ4v) is 3.93. The molecule has 1 fully saturated rings. The molecule has 0 bridgehead atoms. The van der Waals surface area contributed by atoms with Crippen LogP contribution in [0.25, 0.3) is 0 Å². The summed E-state index contributed by atoms with van der Waals surface area (Å²) in [4.78, 5) is 22.7. The predicted octanol–water partition coefficient (Wildman–Crippen LogP) is 3.76. The molecule has 0 saturated heterocycles. The number of carbonyl (C=O) groups is 1. The van der Waals surface area contributed by atoms with Crippen LogP contribution in [-0.2, 0) is 24.4 Å². The number of rotatable bonds is 4. The van der Waals surface area contributed by atoms with Gasteiger partial charge in [0.05, 0.1) is 0 Å². The largest absolute Gasteiger partial charge is 0.350 e. The van der Waals surface area contributed by atoms with Crippen LogP contribution in [0.3, 0.4) is 0 Å². The Morgan fingerprint density at radius 3 is 2.78 bits per heavy atom. The Kier molecular flexibility index (Phi) is 4.76. The Bertz CT molecular complexity index is 828. The van der Waals surface area contributed by atoms with Crippen molar-refractivity contribution in [3.05, 3.63) is 53.3 Å². The van der Waals surface area contributed by atoms with Gasteiger partial charge in [0.2, 0.25) is 17.8 Å². The molecule has 1 aromatic carbocycles. The normalized spacial score (nSPS) is 21.0. The first kappa shape index (κ1) is 17.8. The zero-order valence-electron chi connectivity index (χ0n) is 15.0. The summed E-state index contributed by atoms with van der Waals surface area (Å²) in [5.41, 5.74) is 3.24. The first-order chi connectivity index (χ1) is 13.0. The topological polar surface area (TPSA) is 58.1 Å². The molecule has 4 rings (SSSR count).